The van der Waals surface area contributed by atoms with Gasteiger partial charge >= 0.3 is 0 Å². The number of rotatable bonds is 7. The Morgan fingerprint density at radius 1 is 0.345 bits per heavy atom. The van der Waals surface area contributed by atoms with Crippen LogP contribution in [0.25, 0.3) is 101 Å². The molecule has 10 rings (SSSR count). The standard InChI is InChI=1S/C51H33N3O/c1-5-14-34(15-6-1)37-24-26-39(27-25-37)49-52-50(41-23-13-22-40(30-41)35-16-7-2-8-17-35)54-51(53-49)42-28-29-44-46-32-43(36-18-9-3-10-19-36)31-45(38-20-11-4-12-21-38)48(46)55-47(44)33-42/h1-33H/i3D,4D,9D,10D,11D,12D,18D,19D,20D,21D. The summed E-state index contributed by atoms with van der Waals surface area (Å²) >= 11 is 0. The minimum absolute atomic E-state index is 0.0843. The van der Waals surface area contributed by atoms with Crippen LogP contribution in [0.5, 0.6) is 0 Å². The van der Waals surface area contributed by atoms with Crippen LogP contribution in [0.15, 0.2) is 204 Å². The van der Waals surface area contributed by atoms with E-state index in [0.717, 1.165) is 33.4 Å². The van der Waals surface area contributed by atoms with Gasteiger partial charge in [0.1, 0.15) is 11.2 Å². The van der Waals surface area contributed by atoms with Crippen molar-refractivity contribution in [3.63, 3.8) is 0 Å². The Morgan fingerprint density at radius 3 is 1.53 bits per heavy atom. The van der Waals surface area contributed by atoms with Gasteiger partial charge in [-0.2, -0.15) is 0 Å². The van der Waals surface area contributed by atoms with Gasteiger partial charge in [-0.3, -0.25) is 0 Å². The van der Waals surface area contributed by atoms with Crippen LogP contribution in [-0.4, -0.2) is 15.0 Å². The number of hydrogen-bond acceptors (Lipinski definition) is 4. The highest BCUT2D eigenvalue weighted by Crippen LogP contribution is 2.41. The van der Waals surface area contributed by atoms with E-state index in [-0.39, 0.29) is 27.8 Å². The SMILES string of the molecule is [2H]c1c([2H])c([2H])c(-c2cc(-c3c([2H])c([2H])c([2H])c([2H])c3[2H])c3oc4cc(-c5nc(-c6ccc(-c7ccccc7)cc6)nc(-c6cccc(-c7ccccc7)c6)n5)ccc4c3c2)c([2H])c1[2H]. The maximum Gasteiger partial charge on any atom is 0.164 e. The number of nitrogens with zero attached hydrogens (tertiary/aromatic N) is 3. The minimum atomic E-state index is -0.578. The summed E-state index contributed by atoms with van der Waals surface area (Å²) in [5.41, 5.74) is 6.71. The third-order valence-corrected chi connectivity index (χ3v) is 9.50. The second kappa shape index (κ2) is 13.8. The predicted octanol–water partition coefficient (Wildman–Crippen LogP) is 13.4. The van der Waals surface area contributed by atoms with E-state index in [9.17, 15) is 0 Å². The fraction of sp³-hybridized carbons (Fsp3) is 0. The van der Waals surface area contributed by atoms with Crippen molar-refractivity contribution in [2.75, 3.05) is 0 Å². The lowest BCUT2D eigenvalue weighted by Gasteiger charge is -2.10. The molecule has 0 fully saturated rings. The molecule has 0 saturated carbocycles. The zero-order valence-corrected chi connectivity index (χ0v) is 29.0. The maximum absolute atomic E-state index is 8.89. The number of aromatic nitrogens is 3. The zero-order valence-electron chi connectivity index (χ0n) is 39.0. The van der Waals surface area contributed by atoms with Crippen molar-refractivity contribution in [3.8, 4) is 78.7 Å². The maximum atomic E-state index is 8.89. The molecule has 0 spiro atoms. The molecular weight excluding hydrogens is 671 g/mol. The molecule has 0 aliphatic carbocycles. The fourth-order valence-electron chi connectivity index (χ4n) is 6.80. The molecule has 0 radical (unpaired) electrons. The average molecular weight is 714 g/mol. The lowest BCUT2D eigenvalue weighted by Crippen LogP contribution is -2.00. The van der Waals surface area contributed by atoms with E-state index in [1.54, 1.807) is 18.2 Å². The molecule has 4 nitrogen and oxygen atoms in total. The first-order valence-corrected chi connectivity index (χ1v) is 17.6. The van der Waals surface area contributed by atoms with Crippen molar-refractivity contribution in [3.05, 3.63) is 200 Å². The third-order valence-electron chi connectivity index (χ3n) is 9.50. The van der Waals surface area contributed by atoms with Crippen LogP contribution in [0.2, 0.25) is 0 Å². The second-order valence-electron chi connectivity index (χ2n) is 12.9. The lowest BCUT2D eigenvalue weighted by atomic mass is 9.95. The monoisotopic (exact) mass is 713 g/mol. The van der Waals surface area contributed by atoms with Gasteiger partial charge in [-0.1, -0.05) is 170 Å². The normalized spacial score (nSPS) is 13.8. The fourth-order valence-corrected chi connectivity index (χ4v) is 6.80. The summed E-state index contributed by atoms with van der Waals surface area (Å²) in [6.07, 6.45) is 0. The molecule has 8 aromatic carbocycles. The molecule has 0 aliphatic heterocycles. The Labute approximate surface area is 333 Å². The quantitative estimate of drug-likeness (QED) is 0.165. The zero-order chi connectivity index (χ0) is 45.3. The first-order chi connectivity index (χ1) is 31.4. The highest BCUT2D eigenvalue weighted by atomic mass is 16.3. The minimum Gasteiger partial charge on any atom is -0.455 e. The van der Waals surface area contributed by atoms with Gasteiger partial charge in [0.15, 0.2) is 17.5 Å². The van der Waals surface area contributed by atoms with Gasteiger partial charge in [0.05, 0.1) is 13.7 Å². The molecule has 0 atom stereocenters. The summed E-state index contributed by atoms with van der Waals surface area (Å²) in [7, 11) is 0. The summed E-state index contributed by atoms with van der Waals surface area (Å²) in [6.45, 7) is 0. The molecule has 4 heteroatoms. The van der Waals surface area contributed by atoms with E-state index in [1.807, 2.05) is 115 Å². The van der Waals surface area contributed by atoms with Crippen molar-refractivity contribution in [2.45, 2.75) is 0 Å². The molecule has 10 aromatic rings. The predicted molar refractivity (Wildman–Crippen MR) is 225 cm³/mol. The molecule has 0 N–H and O–H groups in total. The number of hydrogen-bond donors (Lipinski definition) is 0. The van der Waals surface area contributed by atoms with Crippen molar-refractivity contribution >= 4 is 21.9 Å². The van der Waals surface area contributed by atoms with E-state index >= 15 is 0 Å². The van der Waals surface area contributed by atoms with Gasteiger partial charge in [0, 0.05) is 33.0 Å². The van der Waals surface area contributed by atoms with Gasteiger partial charge in [0.25, 0.3) is 0 Å². The largest absolute Gasteiger partial charge is 0.455 e. The Balaban J connectivity index is 1.19. The smallest absolute Gasteiger partial charge is 0.164 e. The van der Waals surface area contributed by atoms with Crippen molar-refractivity contribution in [2.24, 2.45) is 0 Å². The van der Waals surface area contributed by atoms with E-state index in [1.165, 1.54) is 6.07 Å². The Kier molecular flexibility index (Phi) is 5.86. The number of furan rings is 1. The van der Waals surface area contributed by atoms with Crippen molar-refractivity contribution in [1.82, 2.24) is 15.0 Å². The van der Waals surface area contributed by atoms with Crippen LogP contribution in [0.4, 0.5) is 0 Å². The molecule has 0 bridgehead atoms. The molecule has 2 aromatic heterocycles. The molecule has 0 aliphatic rings. The summed E-state index contributed by atoms with van der Waals surface area (Å²) in [5.74, 6) is 1.22. The molecule has 2 heterocycles. The second-order valence-corrected chi connectivity index (χ2v) is 12.9. The van der Waals surface area contributed by atoms with Crippen LogP contribution in [0, 0.1) is 0 Å². The van der Waals surface area contributed by atoms with Gasteiger partial charge in [-0.05, 0) is 69.3 Å². The first kappa shape index (κ1) is 23.3. The Hall–Kier alpha value is -7.43. The average Bonchev–Trinajstić information content (AvgIpc) is 3.72. The number of fused-ring (bicyclic) bond motifs is 3. The van der Waals surface area contributed by atoms with Crippen LogP contribution in [0.3, 0.4) is 0 Å². The highest BCUT2D eigenvalue weighted by molar-refractivity contribution is 6.12. The number of benzene rings is 8. The summed E-state index contributed by atoms with van der Waals surface area (Å²) < 4.78 is 92.0. The van der Waals surface area contributed by atoms with Gasteiger partial charge in [-0.15, -0.1) is 0 Å². The molecule has 0 saturated heterocycles. The van der Waals surface area contributed by atoms with Crippen LogP contribution in [0.1, 0.15) is 13.7 Å². The summed E-state index contributed by atoms with van der Waals surface area (Å²) in [6, 6.07) is 39.2. The molecule has 258 valence electrons. The highest BCUT2D eigenvalue weighted by Gasteiger charge is 2.18. The molecule has 55 heavy (non-hydrogen) atoms. The van der Waals surface area contributed by atoms with Gasteiger partial charge in [-0.25, -0.2) is 15.0 Å². The Morgan fingerprint density at radius 2 is 0.855 bits per heavy atom. The molecule has 0 unspecified atom stereocenters. The van der Waals surface area contributed by atoms with Crippen LogP contribution in [-0.2, 0) is 0 Å². The van der Waals surface area contributed by atoms with E-state index in [2.05, 4.69) is 0 Å². The van der Waals surface area contributed by atoms with Crippen LogP contribution < -0.4 is 0 Å². The van der Waals surface area contributed by atoms with Gasteiger partial charge < -0.3 is 4.42 Å². The first-order valence-electron chi connectivity index (χ1n) is 22.6. The topological polar surface area (TPSA) is 51.8 Å². The summed E-state index contributed by atoms with van der Waals surface area (Å²) in [5, 5.41) is 0.971. The molecular formula is C51H33N3O. The van der Waals surface area contributed by atoms with Crippen molar-refractivity contribution in [1.29, 1.82) is 0 Å². The summed E-state index contributed by atoms with van der Waals surface area (Å²) in [4.78, 5) is 15.0. The van der Waals surface area contributed by atoms with Gasteiger partial charge in [0.2, 0.25) is 0 Å². The lowest BCUT2D eigenvalue weighted by molar-refractivity contribution is 0.670. The van der Waals surface area contributed by atoms with E-state index in [0.29, 0.717) is 39.4 Å². The third kappa shape index (κ3) is 6.26. The van der Waals surface area contributed by atoms with E-state index in [4.69, 9.17) is 33.1 Å². The van der Waals surface area contributed by atoms with Crippen molar-refractivity contribution < 1.29 is 18.1 Å². The van der Waals surface area contributed by atoms with E-state index < -0.39 is 60.4 Å². The van der Waals surface area contributed by atoms with Crippen LogP contribution >= 0.6 is 0 Å². The molecule has 0 amide bonds. The Bertz CT molecular complexity index is 3490.